The van der Waals surface area contributed by atoms with E-state index in [2.05, 4.69) is 10.4 Å². The van der Waals surface area contributed by atoms with E-state index in [0.29, 0.717) is 37.5 Å². The van der Waals surface area contributed by atoms with E-state index in [0.717, 1.165) is 18.2 Å². The van der Waals surface area contributed by atoms with Crippen LogP contribution >= 0.6 is 11.3 Å². The lowest BCUT2D eigenvalue weighted by Gasteiger charge is -2.31. The van der Waals surface area contributed by atoms with Crippen LogP contribution in [0.15, 0.2) is 40.5 Å². The summed E-state index contributed by atoms with van der Waals surface area (Å²) in [5, 5.41) is 10.4. The summed E-state index contributed by atoms with van der Waals surface area (Å²) >= 11 is 1.40. The smallest absolute Gasteiger partial charge is 0.339 e. The molecule has 0 aliphatic carbocycles. The highest BCUT2D eigenvalue weighted by Crippen LogP contribution is 2.21. The third-order valence-electron chi connectivity index (χ3n) is 4.80. The maximum atomic E-state index is 13.3. The summed E-state index contributed by atoms with van der Waals surface area (Å²) in [4.78, 5) is 26.5. The number of amides is 1. The van der Waals surface area contributed by atoms with Crippen LogP contribution in [-0.2, 0) is 6.54 Å². The molecule has 0 atom stereocenters. The second-order valence-corrected chi connectivity index (χ2v) is 7.63. The van der Waals surface area contributed by atoms with Crippen molar-refractivity contribution in [2.75, 3.05) is 13.1 Å². The first-order valence-electron chi connectivity index (χ1n) is 8.83. The third kappa shape index (κ3) is 3.72. The van der Waals surface area contributed by atoms with Gasteiger partial charge in [0.2, 0.25) is 0 Å². The SMILES string of the molecule is O=C(c1cc(F)cc(F)c1)N1CCC(Cn2nnn(-c3cccs3)c2=O)CC1. The maximum absolute atomic E-state index is 13.3. The summed E-state index contributed by atoms with van der Waals surface area (Å²) in [6.45, 7) is 1.33. The third-order valence-corrected chi connectivity index (χ3v) is 5.64. The summed E-state index contributed by atoms with van der Waals surface area (Å²) in [6, 6.07) is 6.46. The Labute approximate surface area is 162 Å². The van der Waals surface area contributed by atoms with Crippen molar-refractivity contribution in [1.82, 2.24) is 24.7 Å². The minimum atomic E-state index is -0.772. The number of likely N-dealkylation sites (tertiary alicyclic amines) is 1. The van der Waals surface area contributed by atoms with Gasteiger partial charge < -0.3 is 4.90 Å². The maximum Gasteiger partial charge on any atom is 0.369 e. The lowest BCUT2D eigenvalue weighted by Crippen LogP contribution is -2.40. The van der Waals surface area contributed by atoms with Gasteiger partial charge in [-0.25, -0.2) is 13.6 Å². The van der Waals surface area contributed by atoms with Gasteiger partial charge in [-0.1, -0.05) is 0 Å². The van der Waals surface area contributed by atoms with Crippen molar-refractivity contribution in [2.24, 2.45) is 5.92 Å². The Bertz CT molecular complexity index is 1020. The Morgan fingerprint density at radius 3 is 2.50 bits per heavy atom. The van der Waals surface area contributed by atoms with Crippen molar-refractivity contribution in [3.8, 4) is 5.00 Å². The van der Waals surface area contributed by atoms with E-state index in [1.54, 1.807) is 11.0 Å². The van der Waals surface area contributed by atoms with Crippen molar-refractivity contribution in [3.05, 3.63) is 63.4 Å². The van der Waals surface area contributed by atoms with Crippen LogP contribution in [-0.4, -0.2) is 43.7 Å². The van der Waals surface area contributed by atoms with E-state index in [1.165, 1.54) is 20.7 Å². The molecule has 28 heavy (non-hydrogen) atoms. The van der Waals surface area contributed by atoms with Crippen molar-refractivity contribution >= 4 is 17.2 Å². The zero-order chi connectivity index (χ0) is 19.7. The largest absolute Gasteiger partial charge is 0.369 e. The Balaban J connectivity index is 1.38. The number of hydrogen-bond acceptors (Lipinski definition) is 5. The fourth-order valence-corrected chi connectivity index (χ4v) is 4.01. The number of nitrogens with zero attached hydrogens (tertiary/aromatic N) is 5. The van der Waals surface area contributed by atoms with E-state index in [4.69, 9.17) is 0 Å². The number of aromatic nitrogens is 4. The Morgan fingerprint density at radius 1 is 1.14 bits per heavy atom. The Hall–Kier alpha value is -2.88. The van der Waals surface area contributed by atoms with Gasteiger partial charge in [-0.2, -0.15) is 9.36 Å². The number of benzene rings is 1. The highest BCUT2D eigenvalue weighted by atomic mass is 32.1. The van der Waals surface area contributed by atoms with Crippen LogP contribution in [0, 0.1) is 17.6 Å². The van der Waals surface area contributed by atoms with Crippen LogP contribution in [0.1, 0.15) is 23.2 Å². The standard InChI is InChI=1S/C18H17F2N5O2S/c19-14-8-13(9-15(20)10-14)17(26)23-5-3-12(4-6-23)11-24-18(27)25(22-21-24)16-2-1-7-28-16/h1-2,7-10,12H,3-6,11H2. The van der Waals surface area contributed by atoms with Crippen molar-refractivity contribution in [1.29, 1.82) is 0 Å². The molecule has 0 radical (unpaired) electrons. The predicted molar refractivity (Wildman–Crippen MR) is 98.5 cm³/mol. The molecule has 1 saturated heterocycles. The van der Waals surface area contributed by atoms with Crippen LogP contribution < -0.4 is 5.69 Å². The van der Waals surface area contributed by atoms with Crippen LogP contribution in [0.2, 0.25) is 0 Å². The number of carbonyl (C=O) groups excluding carboxylic acids is 1. The lowest BCUT2D eigenvalue weighted by molar-refractivity contribution is 0.0679. The molecule has 7 nitrogen and oxygen atoms in total. The van der Waals surface area contributed by atoms with E-state index >= 15 is 0 Å². The van der Waals surface area contributed by atoms with Gasteiger partial charge in [0.15, 0.2) is 0 Å². The van der Waals surface area contributed by atoms with Crippen LogP contribution in [0.25, 0.3) is 5.00 Å². The van der Waals surface area contributed by atoms with Gasteiger partial charge in [0.25, 0.3) is 5.91 Å². The zero-order valence-electron chi connectivity index (χ0n) is 14.8. The van der Waals surface area contributed by atoms with Gasteiger partial charge in [0, 0.05) is 24.7 Å². The molecule has 0 N–H and O–H groups in total. The number of thiophene rings is 1. The number of piperidine rings is 1. The highest BCUT2D eigenvalue weighted by molar-refractivity contribution is 7.12. The van der Waals surface area contributed by atoms with E-state index in [-0.39, 0.29) is 17.2 Å². The highest BCUT2D eigenvalue weighted by Gasteiger charge is 2.25. The first-order valence-corrected chi connectivity index (χ1v) is 9.71. The molecule has 10 heteroatoms. The molecule has 1 aliphatic rings. The number of rotatable bonds is 4. The van der Waals surface area contributed by atoms with Gasteiger partial charge >= 0.3 is 5.69 Å². The quantitative estimate of drug-likeness (QED) is 0.668. The molecule has 3 heterocycles. The van der Waals surface area contributed by atoms with Crippen LogP contribution in [0.4, 0.5) is 8.78 Å². The first-order chi connectivity index (χ1) is 13.5. The molecule has 0 bridgehead atoms. The predicted octanol–water partition coefficient (Wildman–Crippen LogP) is 2.32. The van der Waals surface area contributed by atoms with Crippen LogP contribution in [0.3, 0.4) is 0 Å². The summed E-state index contributed by atoms with van der Waals surface area (Å²) < 4.78 is 29.3. The minimum Gasteiger partial charge on any atom is -0.339 e. The number of hydrogen-bond donors (Lipinski definition) is 0. The lowest BCUT2D eigenvalue weighted by atomic mass is 9.96. The molecule has 1 amide bonds. The molecular weight excluding hydrogens is 388 g/mol. The molecule has 3 aromatic rings. The molecule has 0 saturated carbocycles. The second kappa shape index (κ2) is 7.63. The molecule has 146 valence electrons. The van der Waals surface area contributed by atoms with Crippen LogP contribution in [0.5, 0.6) is 0 Å². The average Bonchev–Trinajstić information content (AvgIpc) is 3.31. The zero-order valence-corrected chi connectivity index (χ0v) is 15.6. The van der Waals surface area contributed by atoms with Crippen molar-refractivity contribution < 1.29 is 13.6 Å². The number of halogens is 2. The summed E-state index contributed by atoms with van der Waals surface area (Å²) in [6.07, 6.45) is 1.34. The first kappa shape index (κ1) is 18.5. The van der Waals surface area contributed by atoms with Gasteiger partial charge in [-0.05, 0) is 58.8 Å². The topological polar surface area (TPSA) is 73.0 Å². The van der Waals surface area contributed by atoms with Gasteiger partial charge in [0.05, 0.1) is 6.54 Å². The summed E-state index contributed by atoms with van der Waals surface area (Å²) in [7, 11) is 0. The fourth-order valence-electron chi connectivity index (χ4n) is 3.34. The molecular formula is C18H17F2N5O2S. The Kier molecular flexibility index (Phi) is 5.03. The molecule has 2 aromatic heterocycles. The molecule has 4 rings (SSSR count). The number of carbonyl (C=O) groups is 1. The molecule has 1 fully saturated rings. The van der Waals surface area contributed by atoms with E-state index in [1.807, 2.05) is 11.4 Å². The van der Waals surface area contributed by atoms with Crippen molar-refractivity contribution in [2.45, 2.75) is 19.4 Å². The molecule has 1 aliphatic heterocycles. The number of tetrazole rings is 1. The molecule has 0 spiro atoms. The summed E-state index contributed by atoms with van der Waals surface area (Å²) in [5.74, 6) is -1.77. The van der Waals surface area contributed by atoms with E-state index in [9.17, 15) is 18.4 Å². The normalized spacial score (nSPS) is 15.1. The van der Waals surface area contributed by atoms with Gasteiger partial charge in [-0.15, -0.1) is 11.3 Å². The van der Waals surface area contributed by atoms with Gasteiger partial charge in [0.1, 0.15) is 16.6 Å². The second-order valence-electron chi connectivity index (χ2n) is 6.70. The monoisotopic (exact) mass is 405 g/mol. The average molecular weight is 405 g/mol. The summed E-state index contributed by atoms with van der Waals surface area (Å²) in [5.41, 5.74) is -0.290. The molecule has 0 unspecified atom stereocenters. The Morgan fingerprint density at radius 2 is 1.86 bits per heavy atom. The van der Waals surface area contributed by atoms with E-state index < -0.39 is 17.5 Å². The van der Waals surface area contributed by atoms with Crippen molar-refractivity contribution in [3.63, 3.8) is 0 Å². The fraction of sp³-hybridized carbons (Fsp3) is 0.333. The minimum absolute atomic E-state index is 0.00561. The molecule has 1 aromatic carbocycles. The van der Waals surface area contributed by atoms with Gasteiger partial charge in [-0.3, -0.25) is 4.79 Å².